The lowest BCUT2D eigenvalue weighted by molar-refractivity contribution is -0.138. The standard InChI is InChI=1S/C25H26ClNO4/c1-5-30-24(29)21-14(2)27-17-12-25(3,4)13-18(28)22(17)23(21)20-11-10-19(31-20)15-8-6-7-9-16(15)26/h6-11,23,27H,5,12-13H2,1-4H3/t23-/m0/s1. The van der Waals surface area contributed by atoms with E-state index in [1.807, 2.05) is 37.3 Å². The van der Waals surface area contributed by atoms with Gasteiger partial charge in [0.15, 0.2) is 5.78 Å². The van der Waals surface area contributed by atoms with Crippen molar-refractivity contribution in [3.05, 3.63) is 69.7 Å². The zero-order chi connectivity index (χ0) is 22.3. The van der Waals surface area contributed by atoms with E-state index in [1.165, 1.54) is 0 Å². The molecule has 0 saturated carbocycles. The topological polar surface area (TPSA) is 68.5 Å². The monoisotopic (exact) mass is 439 g/mol. The van der Waals surface area contributed by atoms with Crippen molar-refractivity contribution in [2.75, 3.05) is 6.61 Å². The van der Waals surface area contributed by atoms with Gasteiger partial charge < -0.3 is 14.5 Å². The first kappa shape index (κ1) is 21.4. The Bertz CT molecular complexity index is 1120. The first-order valence-electron chi connectivity index (χ1n) is 10.5. The Kier molecular flexibility index (Phi) is 5.56. The van der Waals surface area contributed by atoms with E-state index in [9.17, 15) is 9.59 Å². The summed E-state index contributed by atoms with van der Waals surface area (Å²) in [5.74, 6) is 0.0753. The van der Waals surface area contributed by atoms with E-state index >= 15 is 0 Å². The van der Waals surface area contributed by atoms with Crippen LogP contribution in [0.3, 0.4) is 0 Å². The second-order valence-corrected chi connectivity index (χ2v) is 9.24. The van der Waals surface area contributed by atoms with Gasteiger partial charge in [0.25, 0.3) is 0 Å². The minimum Gasteiger partial charge on any atom is -0.463 e. The number of allylic oxidation sites excluding steroid dienone is 3. The number of carbonyl (C=O) groups excluding carboxylic acids is 2. The third-order valence-corrected chi connectivity index (χ3v) is 6.12. The van der Waals surface area contributed by atoms with Gasteiger partial charge in [-0.15, -0.1) is 0 Å². The second-order valence-electron chi connectivity index (χ2n) is 8.83. The number of benzene rings is 1. The van der Waals surface area contributed by atoms with Crippen LogP contribution in [-0.4, -0.2) is 18.4 Å². The van der Waals surface area contributed by atoms with Crippen LogP contribution in [-0.2, 0) is 14.3 Å². The fourth-order valence-corrected chi connectivity index (χ4v) is 4.74. The number of halogens is 1. The molecule has 2 heterocycles. The first-order valence-corrected chi connectivity index (χ1v) is 10.9. The Morgan fingerprint density at radius 2 is 1.97 bits per heavy atom. The van der Waals surface area contributed by atoms with E-state index in [0.29, 0.717) is 39.8 Å². The highest BCUT2D eigenvalue weighted by atomic mass is 35.5. The van der Waals surface area contributed by atoms with Gasteiger partial charge in [0, 0.05) is 29.0 Å². The number of dihydropyridines is 1. The normalized spacial score (nSPS) is 20.4. The van der Waals surface area contributed by atoms with Crippen LogP contribution < -0.4 is 5.32 Å². The number of ether oxygens (including phenoxy) is 1. The lowest BCUT2D eigenvalue weighted by Crippen LogP contribution is -2.38. The molecular formula is C25H26ClNO4. The van der Waals surface area contributed by atoms with Gasteiger partial charge in [-0.1, -0.05) is 37.6 Å². The smallest absolute Gasteiger partial charge is 0.336 e. The molecule has 0 bridgehead atoms. The van der Waals surface area contributed by atoms with Crippen molar-refractivity contribution in [3.8, 4) is 11.3 Å². The Labute approximate surface area is 187 Å². The van der Waals surface area contributed by atoms with Gasteiger partial charge >= 0.3 is 5.97 Å². The van der Waals surface area contributed by atoms with Crippen molar-refractivity contribution in [1.82, 2.24) is 5.32 Å². The zero-order valence-electron chi connectivity index (χ0n) is 18.2. The number of Topliss-reactive ketones (excluding diaryl/α,β-unsaturated/α-hetero) is 1. The summed E-state index contributed by atoms with van der Waals surface area (Å²) in [5, 5.41) is 3.89. The molecule has 0 radical (unpaired) electrons. The molecule has 0 amide bonds. The van der Waals surface area contributed by atoms with Crippen LogP contribution >= 0.6 is 11.6 Å². The number of ketones is 1. The summed E-state index contributed by atoms with van der Waals surface area (Å²) in [6.07, 6.45) is 1.13. The molecule has 1 atom stereocenters. The Hall–Kier alpha value is -2.79. The van der Waals surface area contributed by atoms with Crippen LogP contribution in [0.4, 0.5) is 0 Å². The molecular weight excluding hydrogens is 414 g/mol. The van der Waals surface area contributed by atoms with Crippen LogP contribution in [0.5, 0.6) is 0 Å². The minimum absolute atomic E-state index is 0.0220. The van der Waals surface area contributed by atoms with Gasteiger partial charge in [-0.2, -0.15) is 0 Å². The van der Waals surface area contributed by atoms with Crippen LogP contribution in [0, 0.1) is 5.41 Å². The van der Waals surface area contributed by atoms with E-state index in [2.05, 4.69) is 19.2 Å². The highest BCUT2D eigenvalue weighted by molar-refractivity contribution is 6.33. The van der Waals surface area contributed by atoms with Gasteiger partial charge in [0.2, 0.25) is 0 Å². The number of esters is 1. The molecule has 1 aliphatic carbocycles. The number of hydrogen-bond acceptors (Lipinski definition) is 5. The number of nitrogens with one attached hydrogen (secondary N) is 1. The summed E-state index contributed by atoms with van der Waals surface area (Å²) in [7, 11) is 0. The maximum absolute atomic E-state index is 13.3. The third kappa shape index (κ3) is 3.94. The highest BCUT2D eigenvalue weighted by Gasteiger charge is 2.44. The van der Waals surface area contributed by atoms with Crippen molar-refractivity contribution >= 4 is 23.4 Å². The van der Waals surface area contributed by atoms with Crippen molar-refractivity contribution < 1.29 is 18.7 Å². The van der Waals surface area contributed by atoms with E-state index in [-0.39, 0.29) is 17.8 Å². The quantitative estimate of drug-likeness (QED) is 0.612. The molecule has 2 aliphatic rings. The summed E-state index contributed by atoms with van der Waals surface area (Å²) in [6, 6.07) is 11.1. The van der Waals surface area contributed by atoms with E-state index in [4.69, 9.17) is 20.8 Å². The van der Waals surface area contributed by atoms with Gasteiger partial charge in [0.1, 0.15) is 11.5 Å². The molecule has 1 N–H and O–H groups in total. The molecule has 1 aliphatic heterocycles. The Morgan fingerprint density at radius 3 is 2.68 bits per heavy atom. The van der Waals surface area contributed by atoms with Gasteiger partial charge in [-0.05, 0) is 49.9 Å². The SMILES string of the molecule is CCOC(=O)C1=C(C)NC2=C(C(=O)CC(C)(C)C2)[C@H]1c1ccc(-c2ccccc2Cl)o1. The number of hydrogen-bond donors (Lipinski definition) is 1. The third-order valence-electron chi connectivity index (χ3n) is 5.79. The average molecular weight is 440 g/mol. The van der Waals surface area contributed by atoms with Crippen LogP contribution in [0.15, 0.2) is 63.4 Å². The maximum Gasteiger partial charge on any atom is 0.336 e. The fourth-order valence-electron chi connectivity index (χ4n) is 4.51. The molecule has 4 rings (SSSR count). The minimum atomic E-state index is -0.616. The molecule has 1 aromatic heterocycles. The summed E-state index contributed by atoms with van der Waals surface area (Å²) in [5.41, 5.74) is 3.15. The van der Waals surface area contributed by atoms with Crippen LogP contribution in [0.25, 0.3) is 11.3 Å². The molecule has 0 spiro atoms. The van der Waals surface area contributed by atoms with Gasteiger partial charge in [-0.25, -0.2) is 4.79 Å². The van der Waals surface area contributed by atoms with Crippen molar-refractivity contribution in [1.29, 1.82) is 0 Å². The Morgan fingerprint density at radius 1 is 1.23 bits per heavy atom. The van der Waals surface area contributed by atoms with Crippen molar-refractivity contribution in [2.24, 2.45) is 5.41 Å². The molecule has 2 aromatic rings. The molecule has 162 valence electrons. The van der Waals surface area contributed by atoms with Crippen LogP contribution in [0.2, 0.25) is 5.02 Å². The van der Waals surface area contributed by atoms with E-state index in [0.717, 1.165) is 17.7 Å². The molecule has 31 heavy (non-hydrogen) atoms. The summed E-state index contributed by atoms with van der Waals surface area (Å²) in [4.78, 5) is 26.2. The van der Waals surface area contributed by atoms with E-state index in [1.54, 1.807) is 13.0 Å². The molecule has 0 saturated heterocycles. The molecule has 6 heteroatoms. The Balaban J connectivity index is 1.85. The highest BCUT2D eigenvalue weighted by Crippen LogP contribution is 2.47. The second kappa shape index (κ2) is 8.04. The zero-order valence-corrected chi connectivity index (χ0v) is 18.9. The van der Waals surface area contributed by atoms with Gasteiger partial charge in [-0.3, -0.25) is 4.79 Å². The lowest BCUT2D eigenvalue weighted by atomic mass is 9.69. The summed E-state index contributed by atoms with van der Waals surface area (Å²) >= 11 is 6.35. The maximum atomic E-state index is 13.3. The first-order chi connectivity index (χ1) is 14.7. The largest absolute Gasteiger partial charge is 0.463 e. The van der Waals surface area contributed by atoms with Crippen LogP contribution in [0.1, 0.15) is 52.2 Å². The van der Waals surface area contributed by atoms with E-state index < -0.39 is 11.9 Å². The molecule has 5 nitrogen and oxygen atoms in total. The summed E-state index contributed by atoms with van der Waals surface area (Å²) in [6.45, 7) is 8.01. The number of carbonyl (C=O) groups is 2. The predicted molar refractivity (Wildman–Crippen MR) is 119 cm³/mol. The van der Waals surface area contributed by atoms with Crippen molar-refractivity contribution in [2.45, 2.75) is 46.5 Å². The molecule has 1 aromatic carbocycles. The lowest BCUT2D eigenvalue weighted by Gasteiger charge is -2.38. The average Bonchev–Trinajstić information content (AvgIpc) is 3.16. The summed E-state index contributed by atoms with van der Waals surface area (Å²) < 4.78 is 11.5. The molecule has 0 unspecified atom stereocenters. The predicted octanol–water partition coefficient (Wildman–Crippen LogP) is 5.77. The van der Waals surface area contributed by atoms with Gasteiger partial charge in [0.05, 0.1) is 23.1 Å². The fraction of sp³-hybridized carbons (Fsp3) is 0.360. The number of rotatable bonds is 4. The van der Waals surface area contributed by atoms with Crippen molar-refractivity contribution in [3.63, 3.8) is 0 Å². The molecule has 0 fully saturated rings. The number of furan rings is 1.